The summed E-state index contributed by atoms with van der Waals surface area (Å²) in [6.45, 7) is 4.23. The molecule has 1 heterocycles. The smallest absolute Gasteiger partial charge is 0.354 e. The van der Waals surface area contributed by atoms with Crippen LogP contribution in [0, 0.1) is 6.92 Å². The highest BCUT2D eigenvalue weighted by Gasteiger charge is 2.28. The third-order valence-electron chi connectivity index (χ3n) is 4.02. The molecule has 2 aromatic carbocycles. The first kappa shape index (κ1) is 16.1. The molecule has 0 amide bonds. The van der Waals surface area contributed by atoms with Crippen LogP contribution < -0.4 is 4.90 Å². The van der Waals surface area contributed by atoms with Gasteiger partial charge in [0.25, 0.3) is 0 Å². The van der Waals surface area contributed by atoms with E-state index in [0.29, 0.717) is 12.3 Å². The van der Waals surface area contributed by atoms with Crippen LogP contribution in [0.2, 0.25) is 0 Å². The molecule has 0 bridgehead atoms. The van der Waals surface area contributed by atoms with E-state index in [0.717, 1.165) is 11.3 Å². The fraction of sp³-hybridized carbons (Fsp3) is 0.190. The molecule has 0 N–H and O–H groups in total. The number of anilines is 1. The topological polar surface area (TPSA) is 29.5 Å². The van der Waals surface area contributed by atoms with Crippen LogP contribution in [0.1, 0.15) is 24.1 Å². The first-order chi connectivity index (χ1) is 11.7. The summed E-state index contributed by atoms with van der Waals surface area (Å²) in [5.41, 5.74) is 3.84. The Morgan fingerprint density at radius 2 is 1.79 bits per heavy atom. The molecule has 1 aliphatic heterocycles. The van der Waals surface area contributed by atoms with Crippen molar-refractivity contribution < 1.29 is 9.53 Å². The Bertz CT molecular complexity index is 760. The molecule has 0 saturated carbocycles. The number of hydrogen-bond donors (Lipinski definition) is 0. The molecule has 3 heteroatoms. The van der Waals surface area contributed by atoms with Crippen molar-refractivity contribution in [1.29, 1.82) is 0 Å². The maximum atomic E-state index is 12.5. The monoisotopic (exact) mass is 319 g/mol. The number of hydrogen-bond acceptors (Lipinski definition) is 3. The van der Waals surface area contributed by atoms with E-state index >= 15 is 0 Å². The van der Waals surface area contributed by atoms with Gasteiger partial charge in [-0.15, -0.1) is 0 Å². The van der Waals surface area contributed by atoms with Gasteiger partial charge in [-0.25, -0.2) is 4.79 Å². The van der Waals surface area contributed by atoms with Gasteiger partial charge in [0, 0.05) is 5.69 Å². The normalized spacial score (nSPS) is 16.7. The minimum atomic E-state index is -0.302. The fourth-order valence-corrected chi connectivity index (χ4v) is 2.86. The van der Waals surface area contributed by atoms with E-state index in [1.807, 2.05) is 54.3 Å². The molecule has 0 spiro atoms. The maximum absolute atomic E-state index is 12.5. The van der Waals surface area contributed by atoms with Gasteiger partial charge in [0.05, 0.1) is 12.6 Å². The molecule has 2 aromatic rings. The lowest BCUT2D eigenvalue weighted by Gasteiger charge is -2.35. The minimum Gasteiger partial charge on any atom is -0.461 e. The number of ether oxygens (including phenoxy) is 1. The second kappa shape index (κ2) is 7.18. The molecular formula is C21H21NO2. The van der Waals surface area contributed by atoms with E-state index in [1.54, 1.807) is 0 Å². The summed E-state index contributed by atoms with van der Waals surface area (Å²) in [6.07, 6.45) is 5.84. The summed E-state index contributed by atoms with van der Waals surface area (Å²) in [6, 6.07) is 18.3. The van der Waals surface area contributed by atoms with Crippen LogP contribution in [0.3, 0.4) is 0 Å². The lowest BCUT2D eigenvalue weighted by molar-refractivity contribution is -0.138. The molecule has 122 valence electrons. The van der Waals surface area contributed by atoms with Crippen LogP contribution in [-0.2, 0) is 9.53 Å². The van der Waals surface area contributed by atoms with Crippen molar-refractivity contribution in [3.8, 4) is 0 Å². The lowest BCUT2D eigenvalue weighted by Crippen LogP contribution is -2.33. The molecule has 0 saturated heterocycles. The van der Waals surface area contributed by atoms with Gasteiger partial charge < -0.3 is 9.64 Å². The number of esters is 1. The molecule has 24 heavy (non-hydrogen) atoms. The van der Waals surface area contributed by atoms with Gasteiger partial charge in [-0.1, -0.05) is 60.2 Å². The molecule has 3 nitrogen and oxygen atoms in total. The lowest BCUT2D eigenvalue weighted by atomic mass is 10.00. The highest BCUT2D eigenvalue weighted by Crippen LogP contribution is 2.35. The van der Waals surface area contributed by atoms with Crippen molar-refractivity contribution in [2.45, 2.75) is 19.9 Å². The predicted octanol–water partition coefficient (Wildman–Crippen LogP) is 4.56. The van der Waals surface area contributed by atoms with Gasteiger partial charge in [0.15, 0.2) is 0 Å². The standard InChI is InChI=1S/C21H21NO2/c1-3-24-21(23)20-11-7-10-19(17-8-5-4-6-9-17)22(20)18-14-12-16(2)13-15-18/h4-15,19H,3H2,1-2H3. The Morgan fingerprint density at radius 1 is 1.08 bits per heavy atom. The van der Waals surface area contributed by atoms with E-state index in [2.05, 4.69) is 37.3 Å². The number of benzene rings is 2. The van der Waals surface area contributed by atoms with Crippen molar-refractivity contribution in [2.75, 3.05) is 11.5 Å². The number of nitrogens with zero attached hydrogens (tertiary/aromatic N) is 1. The van der Waals surface area contributed by atoms with Gasteiger partial charge in [-0.05, 0) is 37.6 Å². The number of rotatable bonds is 4. The predicted molar refractivity (Wildman–Crippen MR) is 96.7 cm³/mol. The van der Waals surface area contributed by atoms with Crippen LogP contribution in [0.25, 0.3) is 0 Å². The Kier molecular flexibility index (Phi) is 4.80. The first-order valence-electron chi connectivity index (χ1n) is 8.17. The Morgan fingerprint density at radius 3 is 2.46 bits per heavy atom. The zero-order valence-electron chi connectivity index (χ0n) is 14.0. The van der Waals surface area contributed by atoms with Gasteiger partial charge in [-0.2, -0.15) is 0 Å². The molecule has 1 unspecified atom stereocenters. The molecule has 0 radical (unpaired) electrons. The first-order valence-corrected chi connectivity index (χ1v) is 8.17. The van der Waals surface area contributed by atoms with Crippen LogP contribution in [0.5, 0.6) is 0 Å². The number of allylic oxidation sites excluding steroid dienone is 2. The minimum absolute atomic E-state index is 0.0432. The largest absolute Gasteiger partial charge is 0.461 e. The molecule has 0 fully saturated rings. The molecule has 1 atom stereocenters. The molecular weight excluding hydrogens is 298 g/mol. The summed E-state index contributed by atoms with van der Waals surface area (Å²) in [5.74, 6) is -0.302. The van der Waals surface area contributed by atoms with E-state index in [1.165, 1.54) is 5.56 Å². The van der Waals surface area contributed by atoms with Crippen molar-refractivity contribution in [3.63, 3.8) is 0 Å². The van der Waals surface area contributed by atoms with Crippen LogP contribution in [-0.4, -0.2) is 12.6 Å². The number of carbonyl (C=O) groups is 1. The van der Waals surface area contributed by atoms with Crippen molar-refractivity contribution in [2.24, 2.45) is 0 Å². The van der Waals surface area contributed by atoms with Gasteiger partial charge >= 0.3 is 5.97 Å². The quantitative estimate of drug-likeness (QED) is 0.774. The third-order valence-corrected chi connectivity index (χ3v) is 4.02. The van der Waals surface area contributed by atoms with E-state index in [4.69, 9.17) is 4.74 Å². The Balaban J connectivity index is 2.05. The molecule has 3 rings (SSSR count). The summed E-state index contributed by atoms with van der Waals surface area (Å²) in [7, 11) is 0. The number of carbonyl (C=O) groups excluding carboxylic acids is 1. The van der Waals surface area contributed by atoms with E-state index < -0.39 is 0 Å². The maximum Gasteiger partial charge on any atom is 0.354 e. The highest BCUT2D eigenvalue weighted by molar-refractivity contribution is 5.94. The van der Waals surface area contributed by atoms with Gasteiger partial charge in [0.2, 0.25) is 0 Å². The summed E-state index contributed by atoms with van der Waals surface area (Å²) in [5, 5.41) is 0. The summed E-state index contributed by atoms with van der Waals surface area (Å²) < 4.78 is 5.26. The molecule has 0 aromatic heterocycles. The Hall–Kier alpha value is -2.81. The molecule has 1 aliphatic rings. The Labute approximate surface area is 142 Å². The highest BCUT2D eigenvalue weighted by atomic mass is 16.5. The molecule has 0 aliphatic carbocycles. The van der Waals surface area contributed by atoms with Crippen LogP contribution in [0.15, 0.2) is 78.5 Å². The van der Waals surface area contributed by atoms with Crippen molar-refractivity contribution in [1.82, 2.24) is 0 Å². The summed E-state index contributed by atoms with van der Waals surface area (Å²) in [4.78, 5) is 14.5. The van der Waals surface area contributed by atoms with Crippen molar-refractivity contribution in [3.05, 3.63) is 89.6 Å². The van der Waals surface area contributed by atoms with E-state index in [9.17, 15) is 4.79 Å². The van der Waals surface area contributed by atoms with Crippen LogP contribution >= 0.6 is 0 Å². The fourth-order valence-electron chi connectivity index (χ4n) is 2.86. The number of aryl methyl sites for hydroxylation is 1. The van der Waals surface area contributed by atoms with E-state index in [-0.39, 0.29) is 12.0 Å². The average molecular weight is 319 g/mol. The summed E-state index contributed by atoms with van der Waals surface area (Å²) >= 11 is 0. The zero-order valence-corrected chi connectivity index (χ0v) is 14.0. The zero-order chi connectivity index (χ0) is 16.9. The van der Waals surface area contributed by atoms with Gasteiger partial charge in [-0.3, -0.25) is 0 Å². The van der Waals surface area contributed by atoms with Crippen molar-refractivity contribution >= 4 is 11.7 Å². The van der Waals surface area contributed by atoms with Gasteiger partial charge in [0.1, 0.15) is 5.70 Å². The SMILES string of the molecule is CCOC(=O)C1=CC=CC(c2ccccc2)N1c1ccc(C)cc1. The third kappa shape index (κ3) is 3.25. The average Bonchev–Trinajstić information content (AvgIpc) is 2.63. The second-order valence-electron chi connectivity index (χ2n) is 5.72. The van der Waals surface area contributed by atoms with Crippen LogP contribution in [0.4, 0.5) is 5.69 Å². The second-order valence-corrected chi connectivity index (χ2v) is 5.72.